The van der Waals surface area contributed by atoms with Gasteiger partial charge in [0.15, 0.2) is 0 Å². The summed E-state index contributed by atoms with van der Waals surface area (Å²) in [6.45, 7) is 4.25. The molecule has 4 nitrogen and oxygen atoms in total. The quantitative estimate of drug-likeness (QED) is 0.729. The molecule has 3 aromatic rings. The van der Waals surface area contributed by atoms with Crippen molar-refractivity contribution in [3.63, 3.8) is 0 Å². The molecular formula is C20H19ClN2O2. The van der Waals surface area contributed by atoms with E-state index < -0.39 is 0 Å². The molecule has 0 unspecified atom stereocenters. The van der Waals surface area contributed by atoms with Gasteiger partial charge in [-0.3, -0.25) is 4.79 Å². The van der Waals surface area contributed by atoms with Crippen molar-refractivity contribution >= 4 is 17.5 Å². The lowest BCUT2D eigenvalue weighted by Gasteiger charge is -2.07. The summed E-state index contributed by atoms with van der Waals surface area (Å²) in [6.07, 6.45) is 0.612. The van der Waals surface area contributed by atoms with Crippen LogP contribution in [0.1, 0.15) is 27.4 Å². The van der Waals surface area contributed by atoms with Crippen molar-refractivity contribution in [2.75, 3.05) is 6.54 Å². The summed E-state index contributed by atoms with van der Waals surface area (Å²) >= 11 is 5.93. The van der Waals surface area contributed by atoms with Crippen LogP contribution in [0.25, 0.3) is 11.5 Å². The predicted molar refractivity (Wildman–Crippen MR) is 98.9 cm³/mol. The Morgan fingerprint density at radius 1 is 1.16 bits per heavy atom. The van der Waals surface area contributed by atoms with Crippen LogP contribution in [0.3, 0.4) is 0 Å². The Morgan fingerprint density at radius 2 is 1.92 bits per heavy atom. The third-order valence-corrected chi connectivity index (χ3v) is 4.23. The zero-order valence-corrected chi connectivity index (χ0v) is 14.9. The normalized spacial score (nSPS) is 10.7. The van der Waals surface area contributed by atoms with Crippen molar-refractivity contribution in [3.8, 4) is 11.5 Å². The van der Waals surface area contributed by atoms with Crippen LogP contribution in [-0.2, 0) is 6.42 Å². The van der Waals surface area contributed by atoms with Gasteiger partial charge in [0.05, 0.1) is 5.69 Å². The van der Waals surface area contributed by atoms with E-state index in [1.165, 1.54) is 0 Å². The fraction of sp³-hybridized carbons (Fsp3) is 0.200. The van der Waals surface area contributed by atoms with Gasteiger partial charge in [-0.25, -0.2) is 4.98 Å². The monoisotopic (exact) mass is 354 g/mol. The fourth-order valence-electron chi connectivity index (χ4n) is 2.64. The number of nitrogens with zero attached hydrogens (tertiary/aromatic N) is 1. The number of aryl methyl sites for hydroxylation is 2. The van der Waals surface area contributed by atoms with Crippen molar-refractivity contribution in [3.05, 3.63) is 76.1 Å². The Balaban J connectivity index is 1.62. The van der Waals surface area contributed by atoms with Crippen LogP contribution in [0.4, 0.5) is 0 Å². The number of carbonyl (C=O) groups excluding carboxylic acids is 1. The first kappa shape index (κ1) is 17.2. The number of nitrogens with one attached hydrogen (secondary N) is 1. The second-order valence-corrected chi connectivity index (χ2v) is 6.29. The molecule has 0 fully saturated rings. The highest BCUT2D eigenvalue weighted by Crippen LogP contribution is 2.21. The third kappa shape index (κ3) is 4.09. The molecule has 0 saturated heterocycles. The highest BCUT2D eigenvalue weighted by atomic mass is 35.5. The molecule has 2 aromatic carbocycles. The first-order valence-corrected chi connectivity index (χ1v) is 8.48. The van der Waals surface area contributed by atoms with Crippen LogP contribution in [0.15, 0.2) is 52.9 Å². The van der Waals surface area contributed by atoms with Gasteiger partial charge in [0.25, 0.3) is 5.91 Å². The molecule has 0 atom stereocenters. The summed E-state index contributed by atoms with van der Waals surface area (Å²) in [5.74, 6) is 1.27. The summed E-state index contributed by atoms with van der Waals surface area (Å²) in [4.78, 5) is 16.8. The van der Waals surface area contributed by atoms with Gasteiger partial charge in [-0.2, -0.15) is 0 Å². The van der Waals surface area contributed by atoms with Crippen molar-refractivity contribution in [1.29, 1.82) is 0 Å². The highest BCUT2D eigenvalue weighted by molar-refractivity contribution is 6.30. The number of amides is 1. The lowest BCUT2D eigenvalue weighted by Crippen LogP contribution is -2.26. The van der Waals surface area contributed by atoms with E-state index in [0.717, 1.165) is 22.6 Å². The van der Waals surface area contributed by atoms with E-state index in [9.17, 15) is 4.79 Å². The lowest BCUT2D eigenvalue weighted by molar-refractivity contribution is 0.0953. The Bertz CT molecular complexity index is 888. The Labute approximate surface area is 151 Å². The zero-order chi connectivity index (χ0) is 17.8. The summed E-state index contributed by atoms with van der Waals surface area (Å²) in [5.41, 5.74) is 3.28. The topological polar surface area (TPSA) is 55.1 Å². The molecular weight excluding hydrogens is 336 g/mol. The predicted octanol–water partition coefficient (Wildman–Crippen LogP) is 4.58. The van der Waals surface area contributed by atoms with E-state index in [0.29, 0.717) is 29.4 Å². The number of carbonyl (C=O) groups is 1. The first-order chi connectivity index (χ1) is 12.0. The maximum atomic E-state index is 12.3. The first-order valence-electron chi connectivity index (χ1n) is 8.10. The van der Waals surface area contributed by atoms with Gasteiger partial charge in [-0.15, -0.1) is 0 Å². The second kappa shape index (κ2) is 7.53. The van der Waals surface area contributed by atoms with Crippen LogP contribution < -0.4 is 5.32 Å². The fourth-order valence-corrected chi connectivity index (χ4v) is 2.86. The molecule has 0 aliphatic heterocycles. The molecule has 0 aliphatic carbocycles. The van der Waals surface area contributed by atoms with Crippen molar-refractivity contribution in [2.45, 2.75) is 20.3 Å². The highest BCUT2D eigenvalue weighted by Gasteiger charge is 2.13. The van der Waals surface area contributed by atoms with Gasteiger partial charge in [-0.05, 0) is 49.7 Å². The minimum absolute atomic E-state index is 0.112. The molecule has 0 aliphatic rings. The van der Waals surface area contributed by atoms with Gasteiger partial charge >= 0.3 is 0 Å². The van der Waals surface area contributed by atoms with E-state index >= 15 is 0 Å². The number of halogens is 1. The number of rotatable bonds is 5. The molecule has 5 heteroatoms. The molecule has 1 N–H and O–H groups in total. The zero-order valence-electron chi connectivity index (χ0n) is 14.2. The number of aromatic nitrogens is 1. The number of hydrogen-bond donors (Lipinski definition) is 1. The van der Waals surface area contributed by atoms with E-state index in [4.69, 9.17) is 16.0 Å². The van der Waals surface area contributed by atoms with Gasteiger partial charge in [0.1, 0.15) is 5.76 Å². The smallest absolute Gasteiger partial charge is 0.251 e. The Morgan fingerprint density at radius 3 is 2.64 bits per heavy atom. The van der Waals surface area contributed by atoms with Crippen LogP contribution >= 0.6 is 11.6 Å². The number of hydrogen-bond acceptors (Lipinski definition) is 3. The average Bonchev–Trinajstić information content (AvgIpc) is 2.96. The maximum absolute atomic E-state index is 12.3. The molecule has 1 amide bonds. The molecule has 1 heterocycles. The van der Waals surface area contributed by atoms with E-state index in [-0.39, 0.29) is 5.91 Å². The van der Waals surface area contributed by atoms with Crippen molar-refractivity contribution in [2.24, 2.45) is 0 Å². The number of oxazole rings is 1. The molecule has 0 spiro atoms. The van der Waals surface area contributed by atoms with Gasteiger partial charge < -0.3 is 9.73 Å². The molecule has 0 saturated carbocycles. The largest absolute Gasteiger partial charge is 0.441 e. The van der Waals surface area contributed by atoms with Crippen LogP contribution in [-0.4, -0.2) is 17.4 Å². The van der Waals surface area contributed by atoms with Crippen molar-refractivity contribution in [1.82, 2.24) is 10.3 Å². The average molecular weight is 355 g/mol. The van der Waals surface area contributed by atoms with Crippen LogP contribution in [0.5, 0.6) is 0 Å². The van der Waals surface area contributed by atoms with E-state index in [1.807, 2.05) is 44.2 Å². The van der Waals surface area contributed by atoms with Gasteiger partial charge in [0.2, 0.25) is 5.89 Å². The summed E-state index contributed by atoms with van der Waals surface area (Å²) in [6, 6.07) is 15.0. The minimum atomic E-state index is -0.112. The van der Waals surface area contributed by atoms with Crippen molar-refractivity contribution < 1.29 is 9.21 Å². The number of benzene rings is 2. The summed E-state index contributed by atoms with van der Waals surface area (Å²) < 4.78 is 5.74. The Hall–Kier alpha value is -2.59. The summed E-state index contributed by atoms with van der Waals surface area (Å²) in [5, 5.41) is 3.55. The second-order valence-electron chi connectivity index (χ2n) is 5.85. The Kier molecular flexibility index (Phi) is 5.19. The van der Waals surface area contributed by atoms with Gasteiger partial charge in [0, 0.05) is 29.1 Å². The third-order valence-electron chi connectivity index (χ3n) is 3.99. The van der Waals surface area contributed by atoms with Gasteiger partial charge in [-0.1, -0.05) is 29.8 Å². The SMILES string of the molecule is Cc1cc(Cl)ccc1C(=O)NCCc1nc(-c2ccccc2)oc1C. The summed E-state index contributed by atoms with van der Waals surface area (Å²) in [7, 11) is 0. The maximum Gasteiger partial charge on any atom is 0.251 e. The van der Waals surface area contributed by atoms with Crippen LogP contribution in [0, 0.1) is 13.8 Å². The van der Waals surface area contributed by atoms with Crippen LogP contribution in [0.2, 0.25) is 5.02 Å². The molecule has 128 valence electrons. The lowest BCUT2D eigenvalue weighted by atomic mass is 10.1. The molecule has 25 heavy (non-hydrogen) atoms. The molecule has 3 rings (SSSR count). The standard InChI is InChI=1S/C20H19ClN2O2/c1-13-12-16(21)8-9-17(13)19(24)22-11-10-18-14(2)25-20(23-18)15-6-4-3-5-7-15/h3-9,12H,10-11H2,1-2H3,(H,22,24). The van der Waals surface area contributed by atoms with E-state index in [2.05, 4.69) is 10.3 Å². The molecule has 0 radical (unpaired) electrons. The van der Waals surface area contributed by atoms with E-state index in [1.54, 1.807) is 18.2 Å². The molecule has 0 bridgehead atoms. The molecule has 1 aromatic heterocycles. The minimum Gasteiger partial charge on any atom is -0.441 e.